The second-order valence-electron chi connectivity index (χ2n) is 6.68. The van der Waals surface area contributed by atoms with Gasteiger partial charge in [0.15, 0.2) is 0 Å². The van der Waals surface area contributed by atoms with Crippen LogP contribution in [0.2, 0.25) is 0 Å². The van der Waals surface area contributed by atoms with Crippen molar-refractivity contribution in [2.24, 2.45) is 7.05 Å². The Hall–Kier alpha value is -2.39. The number of aryl methyl sites for hydroxylation is 3. The number of pyridine rings is 1. The number of benzene rings is 1. The molecule has 0 spiro atoms. The maximum atomic E-state index is 5.22. The normalized spacial score (nSPS) is 11.7. The number of rotatable bonds is 5. The minimum atomic E-state index is 0.735. The van der Waals surface area contributed by atoms with Crippen molar-refractivity contribution < 1.29 is 9.30 Å². The Morgan fingerprint density at radius 1 is 1.04 bits per heavy atom. The minimum Gasteiger partial charge on any atom is -0.383 e. The van der Waals surface area contributed by atoms with Crippen molar-refractivity contribution in [1.82, 2.24) is 4.57 Å². The summed E-state index contributed by atoms with van der Waals surface area (Å²) in [6.07, 6.45) is 4.41. The van der Waals surface area contributed by atoms with Crippen LogP contribution in [0.25, 0.3) is 23.1 Å². The summed E-state index contributed by atoms with van der Waals surface area (Å²) in [5, 5.41) is 1.28. The Morgan fingerprint density at radius 2 is 1.84 bits per heavy atom. The van der Waals surface area contributed by atoms with E-state index in [-0.39, 0.29) is 0 Å². The third kappa shape index (κ3) is 3.52. The average Bonchev–Trinajstić information content (AvgIpc) is 2.86. The second-order valence-corrected chi connectivity index (χ2v) is 6.68. The minimum absolute atomic E-state index is 0.735. The molecule has 0 atom stereocenters. The fraction of sp³-hybridized carbons (Fsp3) is 0.318. The molecule has 3 aromatic rings. The summed E-state index contributed by atoms with van der Waals surface area (Å²) >= 11 is 0. The molecule has 0 bridgehead atoms. The van der Waals surface area contributed by atoms with Crippen molar-refractivity contribution in [2.75, 3.05) is 13.7 Å². The highest BCUT2D eigenvalue weighted by Gasteiger charge is 2.10. The molecule has 0 saturated heterocycles. The number of methoxy groups -OCH3 is 1. The van der Waals surface area contributed by atoms with Crippen LogP contribution in [0, 0.1) is 20.8 Å². The van der Waals surface area contributed by atoms with Gasteiger partial charge in [0.1, 0.15) is 7.05 Å². The van der Waals surface area contributed by atoms with E-state index in [1.165, 1.54) is 39.1 Å². The van der Waals surface area contributed by atoms with Gasteiger partial charge in [0.25, 0.3) is 0 Å². The Bertz CT molecular complexity index is 935. The molecule has 0 saturated carbocycles. The van der Waals surface area contributed by atoms with E-state index in [2.05, 4.69) is 85.5 Å². The fourth-order valence-corrected chi connectivity index (χ4v) is 3.40. The lowest BCUT2D eigenvalue weighted by atomic mass is 10.1. The second kappa shape index (κ2) is 7.24. The Morgan fingerprint density at radius 3 is 2.60 bits per heavy atom. The fourth-order valence-electron chi connectivity index (χ4n) is 3.40. The van der Waals surface area contributed by atoms with Crippen LogP contribution >= 0.6 is 0 Å². The third-order valence-corrected chi connectivity index (χ3v) is 4.93. The lowest BCUT2D eigenvalue weighted by molar-refractivity contribution is -0.646. The SMILES string of the molecule is COCCn1c(C)cc(/C=C/c2ccc3cc(C)ccc3[n+]2C)c1C. The number of ether oxygens (including phenoxy) is 1. The average molecular weight is 335 g/mol. The lowest BCUT2D eigenvalue weighted by Crippen LogP contribution is -2.32. The predicted octanol–water partition coefficient (Wildman–Crippen LogP) is 4.21. The number of hydrogen-bond donors (Lipinski definition) is 0. The van der Waals surface area contributed by atoms with Crippen molar-refractivity contribution in [3.8, 4) is 0 Å². The molecule has 3 rings (SSSR count). The Balaban J connectivity index is 1.93. The monoisotopic (exact) mass is 335 g/mol. The highest BCUT2D eigenvalue weighted by Crippen LogP contribution is 2.18. The van der Waals surface area contributed by atoms with Gasteiger partial charge in [-0.3, -0.25) is 0 Å². The molecular formula is C22H27N2O+. The molecule has 0 aliphatic rings. The number of hydrogen-bond acceptors (Lipinski definition) is 1. The molecule has 0 fully saturated rings. The first-order chi connectivity index (χ1) is 12.0. The quantitative estimate of drug-likeness (QED) is 0.639. The first-order valence-electron chi connectivity index (χ1n) is 8.74. The van der Waals surface area contributed by atoms with Crippen LogP contribution in [0.15, 0.2) is 36.4 Å². The summed E-state index contributed by atoms with van der Waals surface area (Å²) < 4.78 is 9.77. The first-order valence-corrected chi connectivity index (χ1v) is 8.74. The summed E-state index contributed by atoms with van der Waals surface area (Å²) in [6.45, 7) is 8.08. The number of aromatic nitrogens is 2. The molecule has 0 aliphatic carbocycles. The molecule has 25 heavy (non-hydrogen) atoms. The van der Waals surface area contributed by atoms with Crippen molar-refractivity contribution >= 4 is 23.1 Å². The van der Waals surface area contributed by atoms with E-state index in [1.54, 1.807) is 7.11 Å². The molecule has 2 aromatic heterocycles. The standard InChI is InChI=1S/C22H27N2O/c1-16-6-11-22-20(14-16)8-10-21(23(22)4)9-7-19-15-17(2)24(18(19)3)12-13-25-5/h6-11,14-15H,12-13H2,1-5H3/q+1. The van der Waals surface area contributed by atoms with E-state index < -0.39 is 0 Å². The zero-order valence-electron chi connectivity index (χ0n) is 15.8. The molecular weight excluding hydrogens is 308 g/mol. The van der Waals surface area contributed by atoms with Crippen molar-refractivity contribution in [3.63, 3.8) is 0 Å². The van der Waals surface area contributed by atoms with Gasteiger partial charge < -0.3 is 9.30 Å². The van der Waals surface area contributed by atoms with E-state index in [4.69, 9.17) is 4.74 Å². The van der Waals surface area contributed by atoms with Crippen LogP contribution in [-0.2, 0) is 18.3 Å². The molecule has 3 nitrogen and oxygen atoms in total. The van der Waals surface area contributed by atoms with Crippen LogP contribution in [0.5, 0.6) is 0 Å². The molecule has 0 aliphatic heterocycles. The lowest BCUT2D eigenvalue weighted by Gasteiger charge is -2.08. The summed E-state index contributed by atoms with van der Waals surface area (Å²) in [5.74, 6) is 0. The van der Waals surface area contributed by atoms with E-state index in [0.29, 0.717) is 0 Å². The van der Waals surface area contributed by atoms with Crippen molar-refractivity contribution in [3.05, 3.63) is 64.6 Å². The van der Waals surface area contributed by atoms with Crippen LogP contribution in [0.3, 0.4) is 0 Å². The van der Waals surface area contributed by atoms with Gasteiger partial charge in [-0.1, -0.05) is 11.6 Å². The van der Waals surface area contributed by atoms with E-state index in [0.717, 1.165) is 13.2 Å². The summed E-state index contributed by atoms with van der Waals surface area (Å²) in [4.78, 5) is 0. The van der Waals surface area contributed by atoms with Gasteiger partial charge in [-0.05, 0) is 50.6 Å². The molecule has 0 N–H and O–H groups in total. The molecule has 1 aromatic carbocycles. The van der Waals surface area contributed by atoms with Gasteiger partial charge in [-0.15, -0.1) is 0 Å². The van der Waals surface area contributed by atoms with Gasteiger partial charge in [0, 0.05) is 48.6 Å². The van der Waals surface area contributed by atoms with E-state index >= 15 is 0 Å². The summed E-state index contributed by atoms with van der Waals surface area (Å²) in [7, 11) is 3.87. The summed E-state index contributed by atoms with van der Waals surface area (Å²) in [6, 6.07) is 13.2. The van der Waals surface area contributed by atoms with Gasteiger partial charge in [-0.25, -0.2) is 0 Å². The summed E-state index contributed by atoms with van der Waals surface area (Å²) in [5.41, 5.74) is 7.55. The first kappa shape index (κ1) is 17.4. The highest BCUT2D eigenvalue weighted by molar-refractivity contribution is 5.78. The highest BCUT2D eigenvalue weighted by atomic mass is 16.5. The van der Waals surface area contributed by atoms with E-state index in [9.17, 15) is 0 Å². The molecule has 0 unspecified atom stereocenters. The maximum Gasteiger partial charge on any atom is 0.212 e. The van der Waals surface area contributed by atoms with Gasteiger partial charge in [0.05, 0.1) is 6.61 Å². The number of fused-ring (bicyclic) bond motifs is 1. The van der Waals surface area contributed by atoms with Crippen molar-refractivity contribution in [1.29, 1.82) is 0 Å². The van der Waals surface area contributed by atoms with Gasteiger partial charge in [0.2, 0.25) is 11.2 Å². The third-order valence-electron chi connectivity index (χ3n) is 4.93. The largest absolute Gasteiger partial charge is 0.383 e. The zero-order valence-corrected chi connectivity index (χ0v) is 15.8. The molecule has 2 heterocycles. The number of nitrogens with zero attached hydrogens (tertiary/aromatic N) is 2. The predicted molar refractivity (Wildman–Crippen MR) is 105 cm³/mol. The van der Waals surface area contributed by atoms with Crippen molar-refractivity contribution in [2.45, 2.75) is 27.3 Å². The smallest absolute Gasteiger partial charge is 0.212 e. The molecule has 130 valence electrons. The Labute approximate surface area is 150 Å². The van der Waals surface area contributed by atoms with Crippen LogP contribution in [-0.4, -0.2) is 18.3 Å². The van der Waals surface area contributed by atoms with Crippen LogP contribution in [0.1, 0.15) is 28.2 Å². The molecule has 3 heteroatoms. The van der Waals surface area contributed by atoms with Gasteiger partial charge in [-0.2, -0.15) is 4.57 Å². The van der Waals surface area contributed by atoms with Crippen LogP contribution < -0.4 is 4.57 Å². The van der Waals surface area contributed by atoms with E-state index in [1.807, 2.05) is 0 Å². The van der Waals surface area contributed by atoms with Gasteiger partial charge >= 0.3 is 0 Å². The maximum absolute atomic E-state index is 5.22. The Kier molecular flexibility index (Phi) is 5.05. The molecule has 0 radical (unpaired) electrons. The molecule has 0 amide bonds. The van der Waals surface area contributed by atoms with Crippen LogP contribution in [0.4, 0.5) is 0 Å². The zero-order chi connectivity index (χ0) is 18.0. The topological polar surface area (TPSA) is 18.0 Å².